The predicted octanol–water partition coefficient (Wildman–Crippen LogP) is 1.20. The van der Waals surface area contributed by atoms with Crippen LogP contribution in [0.4, 0.5) is 5.69 Å². The number of hydrogen-bond donors (Lipinski definition) is 3. The topological polar surface area (TPSA) is 149 Å². The third kappa shape index (κ3) is 3.92. The fraction of sp³-hybridized carbons (Fsp3) is 0.333. The number of thiazole rings is 1. The number of fused-ring (bicyclic) bond motifs is 1. The van der Waals surface area contributed by atoms with Gasteiger partial charge in [-0.05, 0) is 38.9 Å². The largest absolute Gasteiger partial charge is 0.330 e. The maximum absolute atomic E-state index is 13.2. The van der Waals surface area contributed by atoms with Crippen molar-refractivity contribution in [3.05, 3.63) is 50.0 Å². The Morgan fingerprint density at radius 3 is 2.78 bits per heavy atom. The third-order valence-corrected chi connectivity index (χ3v) is 6.32. The van der Waals surface area contributed by atoms with E-state index in [9.17, 15) is 19.2 Å². The van der Waals surface area contributed by atoms with E-state index in [1.54, 1.807) is 25.1 Å². The van der Waals surface area contributed by atoms with Crippen molar-refractivity contribution >= 4 is 45.6 Å². The van der Waals surface area contributed by atoms with Crippen LogP contribution in [0.15, 0.2) is 23.0 Å². The maximum Gasteiger partial charge on any atom is 0.275 e. The summed E-state index contributed by atoms with van der Waals surface area (Å²) in [7, 11) is 0. The minimum Gasteiger partial charge on any atom is -0.330 e. The fourth-order valence-electron chi connectivity index (χ4n) is 3.80. The number of benzene rings is 1. The highest BCUT2D eigenvalue weighted by molar-refractivity contribution is 7.11. The summed E-state index contributed by atoms with van der Waals surface area (Å²) in [6.45, 7) is 3.88. The molecule has 4 N–H and O–H groups in total. The van der Waals surface area contributed by atoms with Gasteiger partial charge in [-0.1, -0.05) is 6.07 Å². The summed E-state index contributed by atoms with van der Waals surface area (Å²) in [5, 5.41) is 6.12. The molecule has 3 heterocycles. The molecule has 10 nitrogen and oxygen atoms in total. The molecule has 3 aromatic rings. The molecule has 166 valence electrons. The third-order valence-electron chi connectivity index (χ3n) is 5.29. The first-order chi connectivity index (χ1) is 15.3. The van der Waals surface area contributed by atoms with Crippen LogP contribution < -0.4 is 21.9 Å². The van der Waals surface area contributed by atoms with Gasteiger partial charge in [-0.15, -0.1) is 11.3 Å². The number of carbonyl (C=O) groups excluding carboxylic acids is 3. The average Bonchev–Trinajstić information content (AvgIpc) is 3.11. The van der Waals surface area contributed by atoms with Crippen molar-refractivity contribution in [3.63, 3.8) is 0 Å². The second-order valence-corrected chi connectivity index (χ2v) is 8.80. The van der Waals surface area contributed by atoms with Gasteiger partial charge < -0.3 is 11.1 Å². The first-order valence-electron chi connectivity index (χ1n) is 10.1. The second-order valence-electron chi connectivity index (χ2n) is 7.51. The number of nitrogens with one attached hydrogen (secondary N) is 2. The van der Waals surface area contributed by atoms with Crippen molar-refractivity contribution < 1.29 is 14.4 Å². The number of piperidine rings is 1. The number of aryl methyl sites for hydroxylation is 2. The Morgan fingerprint density at radius 2 is 2.06 bits per heavy atom. The predicted molar refractivity (Wildman–Crippen MR) is 120 cm³/mol. The molecule has 11 heteroatoms. The normalized spacial score (nSPS) is 16.3. The lowest BCUT2D eigenvalue weighted by atomic mass is 10.1. The molecule has 3 amide bonds. The molecule has 0 bridgehead atoms. The quantitative estimate of drug-likeness (QED) is 0.490. The van der Waals surface area contributed by atoms with Gasteiger partial charge in [0, 0.05) is 17.7 Å². The molecule has 1 aliphatic rings. The zero-order valence-corrected chi connectivity index (χ0v) is 18.4. The summed E-state index contributed by atoms with van der Waals surface area (Å²) in [4.78, 5) is 59.5. The average molecular weight is 455 g/mol. The highest BCUT2D eigenvalue weighted by atomic mass is 32.1. The Balaban J connectivity index is 1.72. The number of anilines is 1. The lowest BCUT2D eigenvalue weighted by Gasteiger charge is -2.24. The number of amides is 3. The molecular weight excluding hydrogens is 432 g/mol. The van der Waals surface area contributed by atoms with Gasteiger partial charge in [0.15, 0.2) is 0 Å². The monoisotopic (exact) mass is 454 g/mol. The van der Waals surface area contributed by atoms with Crippen LogP contribution in [-0.4, -0.2) is 38.8 Å². The Kier molecular flexibility index (Phi) is 5.85. The van der Waals surface area contributed by atoms with E-state index in [0.717, 1.165) is 9.88 Å². The molecule has 4 rings (SSSR count). The Labute approximate surface area is 186 Å². The van der Waals surface area contributed by atoms with Gasteiger partial charge in [0.05, 0.1) is 16.1 Å². The number of nitrogens with zero attached hydrogens (tertiary/aromatic N) is 3. The van der Waals surface area contributed by atoms with Crippen LogP contribution in [-0.2, 0) is 16.0 Å². The molecule has 32 heavy (non-hydrogen) atoms. The van der Waals surface area contributed by atoms with Crippen molar-refractivity contribution in [2.75, 3.05) is 11.9 Å². The standard InChI is InChI=1S/C21H22N6O4S/c1-10-17(26-16(32-10)8-9-22)20(30)24-13-5-3-4-12-18(13)23-11(2)27(21(12)31)14-6-7-15(28)25-19(14)29/h3-5,14H,6-9,22H2,1-2H3,(H,24,30)(H,25,28,29). The number of nitrogens with two attached hydrogens (primary N) is 1. The van der Waals surface area contributed by atoms with Gasteiger partial charge >= 0.3 is 0 Å². The van der Waals surface area contributed by atoms with Crippen LogP contribution in [0.25, 0.3) is 10.9 Å². The number of para-hydroxylation sites is 1. The Morgan fingerprint density at radius 1 is 1.28 bits per heavy atom. The smallest absolute Gasteiger partial charge is 0.275 e. The Hall–Kier alpha value is -3.44. The van der Waals surface area contributed by atoms with Gasteiger partial charge in [-0.3, -0.25) is 29.1 Å². The lowest BCUT2D eigenvalue weighted by Crippen LogP contribution is -2.45. The molecule has 0 spiro atoms. The molecule has 2 aromatic heterocycles. The number of rotatable bonds is 5. The highest BCUT2D eigenvalue weighted by Gasteiger charge is 2.30. The van der Waals surface area contributed by atoms with Gasteiger partial charge in [0.25, 0.3) is 11.5 Å². The van der Waals surface area contributed by atoms with Crippen LogP contribution in [0.5, 0.6) is 0 Å². The van der Waals surface area contributed by atoms with Crippen molar-refractivity contribution in [1.29, 1.82) is 0 Å². The van der Waals surface area contributed by atoms with Gasteiger partial charge in [-0.2, -0.15) is 0 Å². The van der Waals surface area contributed by atoms with E-state index >= 15 is 0 Å². The van der Waals surface area contributed by atoms with Crippen LogP contribution in [0, 0.1) is 13.8 Å². The summed E-state index contributed by atoms with van der Waals surface area (Å²) in [6.07, 6.45) is 0.965. The summed E-state index contributed by atoms with van der Waals surface area (Å²) in [6, 6.07) is 4.08. The summed E-state index contributed by atoms with van der Waals surface area (Å²) in [5.74, 6) is -0.968. The van der Waals surface area contributed by atoms with Crippen molar-refractivity contribution in [2.45, 2.75) is 39.2 Å². The van der Waals surface area contributed by atoms with Crippen molar-refractivity contribution in [3.8, 4) is 0 Å². The van der Waals surface area contributed by atoms with Gasteiger partial charge in [0.2, 0.25) is 11.8 Å². The molecule has 0 saturated carbocycles. The summed E-state index contributed by atoms with van der Waals surface area (Å²) in [5.41, 5.74) is 6.17. The first kappa shape index (κ1) is 21.8. The molecule has 1 aliphatic heterocycles. The molecule has 0 radical (unpaired) electrons. The number of hydrogen-bond acceptors (Lipinski definition) is 8. The van der Waals surface area contributed by atoms with Crippen molar-refractivity contribution in [1.82, 2.24) is 19.9 Å². The van der Waals surface area contributed by atoms with E-state index in [2.05, 4.69) is 20.6 Å². The second kappa shape index (κ2) is 8.60. The molecule has 1 unspecified atom stereocenters. The molecule has 1 fully saturated rings. The lowest BCUT2D eigenvalue weighted by molar-refractivity contribution is -0.135. The van der Waals surface area contributed by atoms with Gasteiger partial charge in [-0.25, -0.2) is 9.97 Å². The van der Waals surface area contributed by atoms with Crippen LogP contribution >= 0.6 is 11.3 Å². The van der Waals surface area contributed by atoms with E-state index < -0.39 is 23.4 Å². The zero-order chi connectivity index (χ0) is 23.0. The Bertz CT molecular complexity index is 1310. The number of aromatic nitrogens is 3. The molecular formula is C21H22N6O4S. The van der Waals surface area contributed by atoms with E-state index in [4.69, 9.17) is 5.73 Å². The number of imide groups is 1. The van der Waals surface area contributed by atoms with E-state index in [0.29, 0.717) is 35.7 Å². The minimum absolute atomic E-state index is 0.148. The minimum atomic E-state index is -0.811. The first-order valence-corrected chi connectivity index (χ1v) is 10.9. The van der Waals surface area contributed by atoms with Crippen LogP contribution in [0.2, 0.25) is 0 Å². The fourth-order valence-corrected chi connectivity index (χ4v) is 4.74. The van der Waals surface area contributed by atoms with Gasteiger partial charge in [0.1, 0.15) is 23.1 Å². The molecule has 1 atom stereocenters. The van der Waals surface area contributed by atoms with E-state index in [-0.39, 0.29) is 24.1 Å². The SMILES string of the molecule is Cc1sc(CCN)nc1C(=O)Nc1cccc2c(=O)n(C3CCC(=O)NC3=O)c(C)nc12. The molecule has 1 saturated heterocycles. The van der Waals surface area contributed by atoms with E-state index in [1.165, 1.54) is 15.9 Å². The summed E-state index contributed by atoms with van der Waals surface area (Å²) < 4.78 is 1.30. The van der Waals surface area contributed by atoms with Crippen LogP contribution in [0.1, 0.15) is 45.1 Å². The summed E-state index contributed by atoms with van der Waals surface area (Å²) >= 11 is 1.42. The number of carbonyl (C=O) groups is 3. The maximum atomic E-state index is 13.2. The van der Waals surface area contributed by atoms with Crippen molar-refractivity contribution in [2.24, 2.45) is 5.73 Å². The van der Waals surface area contributed by atoms with E-state index in [1.807, 2.05) is 6.92 Å². The molecule has 0 aliphatic carbocycles. The zero-order valence-electron chi connectivity index (χ0n) is 17.6. The highest BCUT2D eigenvalue weighted by Crippen LogP contribution is 2.25. The molecule has 1 aromatic carbocycles. The van der Waals surface area contributed by atoms with Crippen LogP contribution in [0.3, 0.4) is 0 Å².